The number of halogens is 3. The van der Waals surface area contributed by atoms with Crippen molar-refractivity contribution in [3.63, 3.8) is 0 Å². The highest BCUT2D eigenvalue weighted by molar-refractivity contribution is 7.87. The lowest BCUT2D eigenvalue weighted by Gasteiger charge is -2.14. The minimum atomic E-state index is -5.78. The first-order valence-corrected chi connectivity index (χ1v) is 7.48. The highest BCUT2D eigenvalue weighted by atomic mass is 32.2. The number of nitrogens with zero attached hydrogens (tertiary/aromatic N) is 2. The minimum absolute atomic E-state index is 0.116. The highest BCUT2D eigenvalue weighted by Gasteiger charge is 2.48. The van der Waals surface area contributed by atoms with Crippen LogP contribution in [0.4, 0.5) is 18.0 Å². The normalized spacial score (nSPS) is 15.9. The van der Waals surface area contributed by atoms with Crippen LogP contribution in [0.2, 0.25) is 0 Å². The van der Waals surface area contributed by atoms with Crippen molar-refractivity contribution in [1.29, 1.82) is 0 Å². The van der Waals surface area contributed by atoms with Crippen molar-refractivity contribution < 1.29 is 35.7 Å². The molecule has 0 unspecified atom stereocenters. The first-order chi connectivity index (χ1) is 10.1. The van der Waals surface area contributed by atoms with Crippen LogP contribution in [-0.4, -0.2) is 48.1 Å². The number of carboxylic acid groups (broad SMARTS) is 1. The number of hydrogen-bond donors (Lipinski definition) is 1. The number of hydrogen-bond acceptors (Lipinski definition) is 5. The molecule has 0 aliphatic carbocycles. The molecule has 1 aromatic heterocycles. The van der Waals surface area contributed by atoms with Crippen molar-refractivity contribution in [2.24, 2.45) is 0 Å². The van der Waals surface area contributed by atoms with Gasteiger partial charge in [0.1, 0.15) is 0 Å². The maximum atomic E-state index is 12.3. The molecule has 1 aromatic rings. The van der Waals surface area contributed by atoms with Gasteiger partial charge in [-0.15, -0.1) is 0 Å². The van der Waals surface area contributed by atoms with E-state index in [2.05, 4.69) is 9.17 Å². The highest BCUT2D eigenvalue weighted by Crippen LogP contribution is 2.27. The number of fused-ring (bicyclic) bond motifs is 1. The predicted octanol–water partition coefficient (Wildman–Crippen LogP) is 1.39. The number of carbonyl (C=O) groups is 1. The summed E-state index contributed by atoms with van der Waals surface area (Å²) in [4.78, 5) is 15.8. The molecule has 0 saturated carbocycles. The molecule has 0 spiro atoms. The Kier molecular flexibility index (Phi) is 4.18. The molecule has 7 nitrogen and oxygen atoms in total. The van der Waals surface area contributed by atoms with E-state index in [-0.39, 0.29) is 19.5 Å². The Hall–Kier alpha value is -2.04. The Bertz CT molecular complexity index is 689. The summed E-state index contributed by atoms with van der Waals surface area (Å²) in [5.41, 5.74) is -4.58. The quantitative estimate of drug-likeness (QED) is 0.645. The van der Waals surface area contributed by atoms with Gasteiger partial charge >= 0.3 is 21.7 Å². The number of pyridine rings is 1. The lowest BCUT2D eigenvalue weighted by molar-refractivity contribution is -0.0501. The zero-order valence-electron chi connectivity index (χ0n) is 11.0. The van der Waals surface area contributed by atoms with Crippen LogP contribution >= 0.6 is 0 Å². The fraction of sp³-hybridized carbons (Fsp3) is 0.455. The SMILES string of the molecule is O=C(O)N1CCc2ccc(OS(=O)(=O)C(F)(F)F)nc2CC1. The zero-order chi connectivity index (χ0) is 16.5. The Morgan fingerprint density at radius 1 is 1.27 bits per heavy atom. The molecule has 0 aromatic carbocycles. The summed E-state index contributed by atoms with van der Waals surface area (Å²) in [5, 5.41) is 8.92. The molecule has 122 valence electrons. The first kappa shape index (κ1) is 16.3. The Balaban J connectivity index is 2.22. The van der Waals surface area contributed by atoms with Gasteiger partial charge in [-0.2, -0.15) is 21.6 Å². The van der Waals surface area contributed by atoms with Crippen LogP contribution in [0.1, 0.15) is 11.3 Å². The van der Waals surface area contributed by atoms with Crippen molar-refractivity contribution >= 4 is 16.2 Å². The second kappa shape index (κ2) is 5.63. The van der Waals surface area contributed by atoms with E-state index in [1.165, 1.54) is 6.07 Å². The molecule has 0 atom stereocenters. The molecule has 2 heterocycles. The number of aromatic nitrogens is 1. The molecule has 2 rings (SSSR count). The molecule has 1 N–H and O–H groups in total. The third-order valence-electron chi connectivity index (χ3n) is 3.06. The van der Waals surface area contributed by atoms with Crippen molar-refractivity contribution in [3.05, 3.63) is 23.4 Å². The molecule has 0 saturated heterocycles. The van der Waals surface area contributed by atoms with Gasteiger partial charge in [0.05, 0.1) is 0 Å². The number of alkyl halides is 3. The third kappa shape index (κ3) is 3.40. The van der Waals surface area contributed by atoms with Crippen LogP contribution in [0.25, 0.3) is 0 Å². The maximum Gasteiger partial charge on any atom is 0.534 e. The van der Waals surface area contributed by atoms with Gasteiger partial charge in [-0.05, 0) is 12.0 Å². The van der Waals surface area contributed by atoms with Crippen molar-refractivity contribution in [3.8, 4) is 5.88 Å². The van der Waals surface area contributed by atoms with Crippen molar-refractivity contribution in [2.75, 3.05) is 13.1 Å². The van der Waals surface area contributed by atoms with Crippen LogP contribution in [0, 0.1) is 0 Å². The first-order valence-electron chi connectivity index (χ1n) is 6.07. The van der Waals surface area contributed by atoms with Gasteiger partial charge in [0, 0.05) is 31.3 Å². The number of amides is 1. The summed E-state index contributed by atoms with van der Waals surface area (Å²) >= 11 is 0. The van der Waals surface area contributed by atoms with Gasteiger partial charge in [0.25, 0.3) is 0 Å². The minimum Gasteiger partial charge on any atom is -0.465 e. The topological polar surface area (TPSA) is 96.8 Å². The van der Waals surface area contributed by atoms with Crippen LogP contribution in [0.15, 0.2) is 12.1 Å². The molecular weight excluding hydrogens is 329 g/mol. The molecule has 1 aliphatic rings. The van der Waals surface area contributed by atoms with Gasteiger partial charge < -0.3 is 14.2 Å². The molecule has 1 amide bonds. The van der Waals surface area contributed by atoms with Crippen molar-refractivity contribution in [1.82, 2.24) is 9.88 Å². The fourth-order valence-electron chi connectivity index (χ4n) is 1.96. The van der Waals surface area contributed by atoms with Gasteiger partial charge in [-0.25, -0.2) is 9.78 Å². The van der Waals surface area contributed by atoms with Crippen LogP contribution in [0.3, 0.4) is 0 Å². The molecule has 0 bridgehead atoms. The maximum absolute atomic E-state index is 12.3. The second-order valence-electron chi connectivity index (χ2n) is 4.51. The van der Waals surface area contributed by atoms with E-state index in [9.17, 15) is 26.4 Å². The van der Waals surface area contributed by atoms with E-state index in [0.717, 1.165) is 11.0 Å². The third-order valence-corrected chi connectivity index (χ3v) is 4.02. The Morgan fingerprint density at radius 3 is 2.50 bits per heavy atom. The Morgan fingerprint density at radius 2 is 1.91 bits per heavy atom. The molecule has 1 aliphatic heterocycles. The molecule has 0 fully saturated rings. The van der Waals surface area contributed by atoms with E-state index in [4.69, 9.17) is 5.11 Å². The number of rotatable bonds is 2. The lowest BCUT2D eigenvalue weighted by Crippen LogP contribution is -2.31. The Labute approximate surface area is 123 Å². The van der Waals surface area contributed by atoms with Gasteiger partial charge in [0.15, 0.2) is 0 Å². The summed E-state index contributed by atoms with van der Waals surface area (Å²) in [5.74, 6) is -0.695. The van der Waals surface area contributed by atoms with E-state index in [1.54, 1.807) is 0 Å². The summed E-state index contributed by atoms with van der Waals surface area (Å²) in [6, 6.07) is 2.40. The van der Waals surface area contributed by atoms with E-state index in [0.29, 0.717) is 17.7 Å². The fourth-order valence-corrected chi connectivity index (χ4v) is 2.37. The second-order valence-corrected chi connectivity index (χ2v) is 6.05. The smallest absolute Gasteiger partial charge is 0.465 e. The average Bonchev–Trinajstić information content (AvgIpc) is 2.58. The monoisotopic (exact) mass is 340 g/mol. The predicted molar refractivity (Wildman–Crippen MR) is 66.8 cm³/mol. The molecule has 11 heteroatoms. The van der Waals surface area contributed by atoms with E-state index in [1.807, 2.05) is 0 Å². The molecular formula is C11H11F3N2O5S. The average molecular weight is 340 g/mol. The zero-order valence-corrected chi connectivity index (χ0v) is 11.8. The summed E-state index contributed by atoms with van der Waals surface area (Å²) < 4.78 is 62.6. The molecule has 0 radical (unpaired) electrons. The van der Waals surface area contributed by atoms with Crippen LogP contribution in [0.5, 0.6) is 5.88 Å². The summed E-state index contributed by atoms with van der Waals surface area (Å²) in [7, 11) is -5.78. The standard InChI is InChI=1S/C11H11F3N2O5S/c12-11(13,14)22(19,20)21-9-2-1-7-3-5-16(10(17)18)6-4-8(7)15-9/h1-2H,3-6H2,(H,17,18). The largest absolute Gasteiger partial charge is 0.534 e. The summed E-state index contributed by atoms with van der Waals surface area (Å²) in [6.07, 6.45) is -0.616. The van der Waals surface area contributed by atoms with Gasteiger partial charge in [-0.3, -0.25) is 0 Å². The van der Waals surface area contributed by atoms with Gasteiger partial charge in [-0.1, -0.05) is 6.07 Å². The van der Waals surface area contributed by atoms with E-state index >= 15 is 0 Å². The van der Waals surface area contributed by atoms with E-state index < -0.39 is 27.6 Å². The van der Waals surface area contributed by atoms with Gasteiger partial charge in [0.2, 0.25) is 5.88 Å². The lowest BCUT2D eigenvalue weighted by atomic mass is 10.1. The van der Waals surface area contributed by atoms with Crippen molar-refractivity contribution in [2.45, 2.75) is 18.3 Å². The van der Waals surface area contributed by atoms with Crippen LogP contribution in [-0.2, 0) is 23.0 Å². The molecule has 22 heavy (non-hydrogen) atoms. The summed E-state index contributed by atoms with van der Waals surface area (Å²) in [6.45, 7) is 0.343. The van der Waals surface area contributed by atoms with Crippen LogP contribution < -0.4 is 4.18 Å².